The molecule has 4 heteroatoms. The molecule has 0 heterocycles. The van der Waals surface area contributed by atoms with Gasteiger partial charge in [-0.05, 0) is 50.3 Å². The first kappa shape index (κ1) is 13.9. The van der Waals surface area contributed by atoms with Crippen LogP contribution in [0.2, 0.25) is 0 Å². The highest BCUT2D eigenvalue weighted by Gasteiger charge is 2.19. The standard InChI is InChI=1S/C15H22N2O2/c1-10-3-4-13(16-11(2)18)9-15(10)17-12-5-7-14(19)8-6-12/h3-4,9,12,14,17,19H,5-8H2,1-2H3,(H,16,18). The second-order valence-electron chi connectivity index (χ2n) is 5.36. The van der Waals surface area contributed by atoms with E-state index >= 15 is 0 Å². The third-order valence-electron chi connectivity index (χ3n) is 3.61. The smallest absolute Gasteiger partial charge is 0.221 e. The summed E-state index contributed by atoms with van der Waals surface area (Å²) in [5.41, 5.74) is 3.05. The fourth-order valence-electron chi connectivity index (χ4n) is 2.50. The van der Waals surface area contributed by atoms with Gasteiger partial charge in [-0.15, -0.1) is 0 Å². The number of hydrogen-bond acceptors (Lipinski definition) is 3. The van der Waals surface area contributed by atoms with E-state index in [9.17, 15) is 9.90 Å². The molecule has 0 saturated heterocycles. The molecule has 0 unspecified atom stereocenters. The number of aliphatic hydroxyl groups is 1. The van der Waals surface area contributed by atoms with Crippen molar-refractivity contribution in [2.75, 3.05) is 10.6 Å². The Hall–Kier alpha value is -1.55. The van der Waals surface area contributed by atoms with Crippen LogP contribution in [-0.4, -0.2) is 23.2 Å². The van der Waals surface area contributed by atoms with E-state index in [1.807, 2.05) is 18.2 Å². The summed E-state index contributed by atoms with van der Waals surface area (Å²) < 4.78 is 0. The number of aliphatic hydroxyl groups excluding tert-OH is 1. The van der Waals surface area contributed by atoms with Crippen LogP contribution in [0.25, 0.3) is 0 Å². The number of aryl methyl sites for hydroxylation is 1. The molecule has 1 saturated carbocycles. The number of nitrogens with one attached hydrogen (secondary N) is 2. The summed E-state index contributed by atoms with van der Waals surface area (Å²) in [6, 6.07) is 6.30. The van der Waals surface area contributed by atoms with Crippen molar-refractivity contribution in [1.29, 1.82) is 0 Å². The number of benzene rings is 1. The number of amides is 1. The van der Waals surface area contributed by atoms with Gasteiger partial charge < -0.3 is 15.7 Å². The molecule has 1 aliphatic carbocycles. The first-order chi connectivity index (χ1) is 9.04. The van der Waals surface area contributed by atoms with Crippen LogP contribution in [0.1, 0.15) is 38.2 Å². The largest absolute Gasteiger partial charge is 0.393 e. The maximum Gasteiger partial charge on any atom is 0.221 e. The molecule has 0 spiro atoms. The van der Waals surface area contributed by atoms with Gasteiger partial charge >= 0.3 is 0 Å². The van der Waals surface area contributed by atoms with E-state index in [2.05, 4.69) is 17.6 Å². The molecule has 1 aliphatic rings. The quantitative estimate of drug-likeness (QED) is 0.785. The Kier molecular flexibility index (Phi) is 4.43. The number of rotatable bonds is 3. The summed E-state index contributed by atoms with van der Waals surface area (Å²) in [5, 5.41) is 15.8. The number of anilines is 2. The first-order valence-electron chi connectivity index (χ1n) is 6.87. The summed E-state index contributed by atoms with van der Waals surface area (Å²) in [6.07, 6.45) is 3.57. The van der Waals surface area contributed by atoms with Crippen LogP contribution in [0.3, 0.4) is 0 Å². The van der Waals surface area contributed by atoms with E-state index < -0.39 is 0 Å². The predicted molar refractivity (Wildman–Crippen MR) is 77.4 cm³/mol. The van der Waals surface area contributed by atoms with Gasteiger partial charge in [0, 0.05) is 24.3 Å². The number of hydrogen-bond donors (Lipinski definition) is 3. The van der Waals surface area contributed by atoms with Crippen LogP contribution in [-0.2, 0) is 4.79 Å². The van der Waals surface area contributed by atoms with Crippen LogP contribution in [0.15, 0.2) is 18.2 Å². The van der Waals surface area contributed by atoms with Crippen molar-refractivity contribution in [3.63, 3.8) is 0 Å². The van der Waals surface area contributed by atoms with Crippen molar-refractivity contribution in [3.8, 4) is 0 Å². The highest BCUT2D eigenvalue weighted by atomic mass is 16.3. The maximum absolute atomic E-state index is 11.1. The second-order valence-corrected chi connectivity index (χ2v) is 5.36. The average molecular weight is 262 g/mol. The molecule has 0 atom stereocenters. The van der Waals surface area contributed by atoms with E-state index in [-0.39, 0.29) is 12.0 Å². The monoisotopic (exact) mass is 262 g/mol. The Balaban J connectivity index is 2.04. The molecule has 1 amide bonds. The molecule has 1 fully saturated rings. The lowest BCUT2D eigenvalue weighted by molar-refractivity contribution is -0.114. The summed E-state index contributed by atoms with van der Waals surface area (Å²) in [7, 11) is 0. The summed E-state index contributed by atoms with van der Waals surface area (Å²) >= 11 is 0. The summed E-state index contributed by atoms with van der Waals surface area (Å²) in [6.45, 7) is 3.56. The third-order valence-corrected chi connectivity index (χ3v) is 3.61. The van der Waals surface area contributed by atoms with Gasteiger partial charge in [-0.3, -0.25) is 4.79 Å². The van der Waals surface area contributed by atoms with E-state index in [4.69, 9.17) is 0 Å². The Morgan fingerprint density at radius 3 is 2.58 bits per heavy atom. The van der Waals surface area contributed by atoms with Crippen LogP contribution in [0, 0.1) is 6.92 Å². The molecule has 1 aromatic rings. The Bertz CT molecular complexity index is 451. The van der Waals surface area contributed by atoms with Gasteiger partial charge in [0.05, 0.1) is 6.10 Å². The minimum absolute atomic E-state index is 0.0596. The van der Waals surface area contributed by atoms with E-state index in [1.54, 1.807) is 0 Å². The molecule has 0 radical (unpaired) electrons. The Morgan fingerprint density at radius 2 is 1.95 bits per heavy atom. The molecule has 104 valence electrons. The van der Waals surface area contributed by atoms with Crippen LogP contribution < -0.4 is 10.6 Å². The molecule has 0 bridgehead atoms. The lowest BCUT2D eigenvalue weighted by Gasteiger charge is -2.27. The molecular weight excluding hydrogens is 240 g/mol. The van der Waals surface area contributed by atoms with Crippen LogP contribution in [0.4, 0.5) is 11.4 Å². The molecule has 4 nitrogen and oxygen atoms in total. The zero-order valence-electron chi connectivity index (χ0n) is 11.6. The average Bonchev–Trinajstić information content (AvgIpc) is 2.35. The fourth-order valence-corrected chi connectivity index (χ4v) is 2.50. The van der Waals surface area contributed by atoms with E-state index in [0.717, 1.165) is 37.1 Å². The first-order valence-corrected chi connectivity index (χ1v) is 6.87. The van der Waals surface area contributed by atoms with E-state index in [1.165, 1.54) is 12.5 Å². The van der Waals surface area contributed by atoms with Gasteiger partial charge in [0.2, 0.25) is 5.91 Å². The zero-order valence-corrected chi connectivity index (χ0v) is 11.6. The van der Waals surface area contributed by atoms with Crippen LogP contribution in [0.5, 0.6) is 0 Å². The molecule has 1 aromatic carbocycles. The number of carbonyl (C=O) groups is 1. The lowest BCUT2D eigenvalue weighted by Crippen LogP contribution is -2.28. The molecule has 3 N–H and O–H groups in total. The summed E-state index contributed by atoms with van der Waals surface area (Å²) in [4.78, 5) is 11.1. The zero-order chi connectivity index (χ0) is 13.8. The topological polar surface area (TPSA) is 61.4 Å². The number of carbonyl (C=O) groups excluding carboxylic acids is 1. The maximum atomic E-state index is 11.1. The molecule has 19 heavy (non-hydrogen) atoms. The molecule has 0 aromatic heterocycles. The predicted octanol–water partition coefficient (Wildman–Crippen LogP) is 2.67. The van der Waals surface area contributed by atoms with Gasteiger partial charge in [-0.1, -0.05) is 6.07 Å². The van der Waals surface area contributed by atoms with Gasteiger partial charge in [-0.25, -0.2) is 0 Å². The second kappa shape index (κ2) is 6.06. The van der Waals surface area contributed by atoms with Crippen molar-refractivity contribution in [2.45, 2.75) is 51.7 Å². The van der Waals surface area contributed by atoms with Crippen molar-refractivity contribution in [2.24, 2.45) is 0 Å². The molecule has 2 rings (SSSR count). The van der Waals surface area contributed by atoms with Crippen molar-refractivity contribution >= 4 is 17.3 Å². The minimum atomic E-state index is -0.134. The Labute approximate surface area is 114 Å². The fraction of sp³-hybridized carbons (Fsp3) is 0.533. The van der Waals surface area contributed by atoms with Gasteiger partial charge in [0.1, 0.15) is 0 Å². The lowest BCUT2D eigenvalue weighted by atomic mass is 9.93. The van der Waals surface area contributed by atoms with Gasteiger partial charge in [0.25, 0.3) is 0 Å². The third kappa shape index (κ3) is 3.96. The highest BCUT2D eigenvalue weighted by molar-refractivity contribution is 5.89. The van der Waals surface area contributed by atoms with Gasteiger partial charge in [-0.2, -0.15) is 0 Å². The summed E-state index contributed by atoms with van der Waals surface area (Å²) in [5.74, 6) is -0.0596. The van der Waals surface area contributed by atoms with Crippen LogP contribution >= 0.6 is 0 Å². The van der Waals surface area contributed by atoms with Crippen molar-refractivity contribution in [1.82, 2.24) is 0 Å². The minimum Gasteiger partial charge on any atom is -0.393 e. The van der Waals surface area contributed by atoms with Crippen molar-refractivity contribution in [3.05, 3.63) is 23.8 Å². The Morgan fingerprint density at radius 1 is 1.26 bits per heavy atom. The van der Waals surface area contributed by atoms with Crippen molar-refractivity contribution < 1.29 is 9.90 Å². The SMILES string of the molecule is CC(=O)Nc1ccc(C)c(NC2CCC(O)CC2)c1. The molecule has 0 aliphatic heterocycles. The molecular formula is C15H22N2O2. The normalized spacial score (nSPS) is 22.9. The highest BCUT2D eigenvalue weighted by Crippen LogP contribution is 2.26. The van der Waals surface area contributed by atoms with Gasteiger partial charge in [0.15, 0.2) is 0 Å². The van der Waals surface area contributed by atoms with E-state index in [0.29, 0.717) is 6.04 Å².